The van der Waals surface area contributed by atoms with Crippen LogP contribution in [0.3, 0.4) is 0 Å². The molecule has 1 N–H and O–H groups in total. The predicted octanol–water partition coefficient (Wildman–Crippen LogP) is 3.68. The second kappa shape index (κ2) is 9.31. The van der Waals surface area contributed by atoms with Crippen molar-refractivity contribution in [3.8, 4) is 17.2 Å². The van der Waals surface area contributed by atoms with E-state index in [2.05, 4.69) is 11.4 Å². The van der Waals surface area contributed by atoms with Crippen molar-refractivity contribution in [2.75, 3.05) is 27.4 Å². The zero-order valence-corrected chi connectivity index (χ0v) is 17.1. The molecule has 0 aromatic heterocycles. The monoisotopic (exact) mass is 371 g/mol. The lowest BCUT2D eigenvalue weighted by Gasteiger charge is -2.15. The van der Waals surface area contributed by atoms with E-state index in [9.17, 15) is 4.79 Å². The molecule has 146 valence electrons. The number of aryl methyl sites for hydroxylation is 3. The molecule has 0 saturated carbocycles. The van der Waals surface area contributed by atoms with Gasteiger partial charge in [-0.3, -0.25) is 4.79 Å². The highest BCUT2D eigenvalue weighted by atomic mass is 16.5. The molecule has 0 bridgehead atoms. The molecule has 0 saturated heterocycles. The number of carbonyl (C=O) groups is 1. The molecule has 27 heavy (non-hydrogen) atoms. The Hall–Kier alpha value is -2.69. The molecule has 5 nitrogen and oxygen atoms in total. The molecule has 0 heterocycles. The largest absolute Gasteiger partial charge is 0.493 e. The van der Waals surface area contributed by atoms with Crippen molar-refractivity contribution in [2.45, 2.75) is 34.1 Å². The first-order valence-electron chi connectivity index (χ1n) is 9.05. The van der Waals surface area contributed by atoms with Crippen LogP contribution in [0.25, 0.3) is 0 Å². The number of benzene rings is 2. The highest BCUT2D eigenvalue weighted by Gasteiger charge is 2.11. The second-order valence-electron chi connectivity index (χ2n) is 6.68. The van der Waals surface area contributed by atoms with Crippen LogP contribution in [0.1, 0.15) is 27.8 Å². The van der Waals surface area contributed by atoms with Gasteiger partial charge in [-0.25, -0.2) is 0 Å². The smallest absolute Gasteiger partial charge is 0.257 e. The molecule has 0 aliphatic rings. The number of ether oxygens (including phenoxy) is 3. The molecule has 5 heteroatoms. The summed E-state index contributed by atoms with van der Waals surface area (Å²) in [5.74, 6) is 2.06. The van der Waals surface area contributed by atoms with Crippen LogP contribution < -0.4 is 19.5 Å². The standard InChI is InChI=1S/C22H29NO4/c1-14-7-8-15(2)22(17(14)4)27-13-21(24)23-10-9-18-12-20(26-6)19(25-5)11-16(18)3/h7-8,11-12H,9-10,13H2,1-6H3,(H,23,24). The van der Waals surface area contributed by atoms with Crippen molar-refractivity contribution in [2.24, 2.45) is 0 Å². The normalized spacial score (nSPS) is 10.4. The van der Waals surface area contributed by atoms with E-state index in [0.717, 1.165) is 33.6 Å². The summed E-state index contributed by atoms with van der Waals surface area (Å²) in [6, 6.07) is 7.97. The SMILES string of the molecule is COc1cc(C)c(CCNC(=O)COc2c(C)ccc(C)c2C)cc1OC. The van der Waals surface area contributed by atoms with Gasteiger partial charge >= 0.3 is 0 Å². The summed E-state index contributed by atoms with van der Waals surface area (Å²) in [5.41, 5.74) is 5.47. The number of amides is 1. The lowest BCUT2D eigenvalue weighted by Crippen LogP contribution is -2.30. The molecule has 0 unspecified atom stereocenters. The maximum absolute atomic E-state index is 12.1. The van der Waals surface area contributed by atoms with E-state index >= 15 is 0 Å². The fourth-order valence-corrected chi connectivity index (χ4v) is 2.96. The van der Waals surface area contributed by atoms with Crippen LogP contribution in [-0.4, -0.2) is 33.3 Å². The van der Waals surface area contributed by atoms with Crippen molar-refractivity contribution < 1.29 is 19.0 Å². The van der Waals surface area contributed by atoms with Crippen LogP contribution in [0.5, 0.6) is 17.2 Å². The van der Waals surface area contributed by atoms with Crippen LogP contribution in [-0.2, 0) is 11.2 Å². The first kappa shape index (κ1) is 20.6. The number of methoxy groups -OCH3 is 2. The van der Waals surface area contributed by atoms with Gasteiger partial charge in [0, 0.05) is 6.54 Å². The molecule has 0 aliphatic heterocycles. The Morgan fingerprint density at radius 3 is 2.22 bits per heavy atom. The fourth-order valence-electron chi connectivity index (χ4n) is 2.96. The third-order valence-electron chi connectivity index (χ3n) is 4.78. The molecule has 1 amide bonds. The minimum atomic E-state index is -0.131. The van der Waals surface area contributed by atoms with E-state index in [-0.39, 0.29) is 12.5 Å². The van der Waals surface area contributed by atoms with Crippen molar-refractivity contribution in [1.82, 2.24) is 5.32 Å². The molecular formula is C22H29NO4. The van der Waals surface area contributed by atoms with Crippen molar-refractivity contribution >= 4 is 5.91 Å². The molecular weight excluding hydrogens is 342 g/mol. The number of hydrogen-bond acceptors (Lipinski definition) is 4. The van der Waals surface area contributed by atoms with Crippen LogP contribution >= 0.6 is 0 Å². The molecule has 0 atom stereocenters. The quantitative estimate of drug-likeness (QED) is 0.769. The topological polar surface area (TPSA) is 56.8 Å². The van der Waals surface area contributed by atoms with Gasteiger partial charge in [-0.15, -0.1) is 0 Å². The summed E-state index contributed by atoms with van der Waals surface area (Å²) in [4.78, 5) is 12.1. The Bertz CT molecular complexity index is 814. The molecule has 0 radical (unpaired) electrons. The summed E-state index contributed by atoms with van der Waals surface area (Å²) in [6.45, 7) is 8.59. The van der Waals surface area contributed by atoms with Crippen molar-refractivity contribution in [1.29, 1.82) is 0 Å². The average molecular weight is 371 g/mol. The summed E-state index contributed by atoms with van der Waals surface area (Å²) in [7, 11) is 3.24. The van der Waals surface area contributed by atoms with Gasteiger partial charge in [-0.2, -0.15) is 0 Å². The Morgan fingerprint density at radius 1 is 0.926 bits per heavy atom. The number of carbonyl (C=O) groups excluding carboxylic acids is 1. The minimum absolute atomic E-state index is 0.00997. The molecule has 2 aromatic carbocycles. The Balaban J connectivity index is 1.89. The van der Waals surface area contributed by atoms with Crippen molar-refractivity contribution in [3.05, 3.63) is 52.1 Å². The number of rotatable bonds is 8. The van der Waals surface area contributed by atoms with Gasteiger partial charge in [-0.05, 0) is 74.1 Å². The van der Waals surface area contributed by atoms with E-state index in [0.29, 0.717) is 24.5 Å². The van der Waals surface area contributed by atoms with Gasteiger partial charge in [0.25, 0.3) is 5.91 Å². The summed E-state index contributed by atoms with van der Waals surface area (Å²) in [5, 5.41) is 2.91. The third-order valence-corrected chi connectivity index (χ3v) is 4.78. The Labute approximate surface area is 161 Å². The summed E-state index contributed by atoms with van der Waals surface area (Å²) < 4.78 is 16.4. The first-order chi connectivity index (χ1) is 12.9. The zero-order valence-electron chi connectivity index (χ0n) is 17.1. The lowest BCUT2D eigenvalue weighted by molar-refractivity contribution is -0.123. The van der Waals surface area contributed by atoms with Gasteiger partial charge in [0.05, 0.1) is 14.2 Å². The molecule has 0 aliphatic carbocycles. The van der Waals surface area contributed by atoms with Gasteiger partial charge < -0.3 is 19.5 Å². The Kier molecular flexibility index (Phi) is 7.11. The third kappa shape index (κ3) is 5.16. The molecule has 2 aromatic rings. The van der Waals surface area contributed by atoms with E-state index in [1.165, 1.54) is 0 Å². The molecule has 2 rings (SSSR count). The average Bonchev–Trinajstić information content (AvgIpc) is 2.65. The highest BCUT2D eigenvalue weighted by molar-refractivity contribution is 5.77. The number of nitrogens with one attached hydrogen (secondary N) is 1. The maximum Gasteiger partial charge on any atom is 0.257 e. The fraction of sp³-hybridized carbons (Fsp3) is 0.409. The van der Waals surface area contributed by atoms with Gasteiger partial charge in [0.15, 0.2) is 18.1 Å². The minimum Gasteiger partial charge on any atom is -0.493 e. The van der Waals surface area contributed by atoms with Crippen LogP contribution in [0, 0.1) is 27.7 Å². The van der Waals surface area contributed by atoms with Crippen LogP contribution in [0.15, 0.2) is 24.3 Å². The Morgan fingerprint density at radius 2 is 1.56 bits per heavy atom. The van der Waals surface area contributed by atoms with E-state index in [1.54, 1.807) is 14.2 Å². The van der Waals surface area contributed by atoms with Gasteiger partial charge in [0.2, 0.25) is 0 Å². The molecule has 0 spiro atoms. The molecule has 0 fully saturated rings. The van der Waals surface area contributed by atoms with Crippen LogP contribution in [0.2, 0.25) is 0 Å². The van der Waals surface area contributed by atoms with Gasteiger partial charge in [-0.1, -0.05) is 12.1 Å². The maximum atomic E-state index is 12.1. The van der Waals surface area contributed by atoms with E-state index in [4.69, 9.17) is 14.2 Å². The highest BCUT2D eigenvalue weighted by Crippen LogP contribution is 2.30. The number of hydrogen-bond donors (Lipinski definition) is 1. The lowest BCUT2D eigenvalue weighted by atomic mass is 10.0. The van der Waals surface area contributed by atoms with E-state index in [1.807, 2.05) is 45.9 Å². The second-order valence-corrected chi connectivity index (χ2v) is 6.68. The van der Waals surface area contributed by atoms with Crippen molar-refractivity contribution in [3.63, 3.8) is 0 Å². The first-order valence-corrected chi connectivity index (χ1v) is 9.05. The summed E-state index contributed by atoms with van der Waals surface area (Å²) >= 11 is 0. The predicted molar refractivity (Wildman–Crippen MR) is 107 cm³/mol. The zero-order chi connectivity index (χ0) is 20.0. The van der Waals surface area contributed by atoms with E-state index < -0.39 is 0 Å². The van der Waals surface area contributed by atoms with Crippen LogP contribution in [0.4, 0.5) is 0 Å². The van der Waals surface area contributed by atoms with Gasteiger partial charge in [0.1, 0.15) is 5.75 Å². The summed E-state index contributed by atoms with van der Waals surface area (Å²) in [6.07, 6.45) is 0.709.